The molecular formula is C20H20N6O3S3. The van der Waals surface area contributed by atoms with Crippen molar-refractivity contribution in [2.75, 3.05) is 18.2 Å². The second kappa shape index (κ2) is 8.41. The number of anilines is 1. The second-order valence-corrected chi connectivity index (χ2v) is 10.7. The molecule has 1 N–H and O–H groups in total. The van der Waals surface area contributed by atoms with Crippen molar-refractivity contribution in [2.24, 2.45) is 5.92 Å². The molecule has 0 aliphatic heterocycles. The Morgan fingerprint density at radius 1 is 1.34 bits per heavy atom. The molecule has 1 aliphatic carbocycles. The van der Waals surface area contributed by atoms with Crippen LogP contribution in [-0.2, 0) is 22.4 Å². The number of ether oxygens (including phenoxy) is 1. The molecule has 32 heavy (non-hydrogen) atoms. The number of aromatic nitrogens is 5. The molecular weight excluding hydrogens is 468 g/mol. The van der Waals surface area contributed by atoms with Gasteiger partial charge in [-0.3, -0.25) is 9.20 Å². The van der Waals surface area contributed by atoms with Gasteiger partial charge >= 0.3 is 5.97 Å². The maximum atomic E-state index is 12.4. The zero-order chi connectivity index (χ0) is 22.4. The van der Waals surface area contributed by atoms with Crippen molar-refractivity contribution in [1.29, 1.82) is 0 Å². The number of carbonyl (C=O) groups excluding carboxylic acids is 2. The lowest BCUT2D eigenvalue weighted by molar-refractivity contribution is -0.113. The van der Waals surface area contributed by atoms with Gasteiger partial charge in [0.15, 0.2) is 15.9 Å². The lowest BCUT2D eigenvalue weighted by atomic mass is 9.89. The maximum Gasteiger partial charge on any atom is 0.350 e. The van der Waals surface area contributed by atoms with E-state index < -0.39 is 5.97 Å². The minimum absolute atomic E-state index is 0.129. The molecule has 4 aromatic heterocycles. The third-order valence-electron chi connectivity index (χ3n) is 5.42. The van der Waals surface area contributed by atoms with E-state index >= 15 is 0 Å². The van der Waals surface area contributed by atoms with Crippen LogP contribution in [0.25, 0.3) is 15.9 Å². The van der Waals surface area contributed by atoms with E-state index in [1.54, 1.807) is 24.6 Å². The number of amides is 1. The summed E-state index contributed by atoms with van der Waals surface area (Å²) in [6.45, 7) is 3.99. The Bertz CT molecular complexity index is 1360. The standard InChI is InChI=1S/C20H20N6O3S3/c1-9-4-5-11-12(6-9)31-17-14(11)16-24-25-20(26(16)8-21-17)30-7-13(27)23-19-22-10(2)15(32-19)18(28)29-3/h8-9H,4-7H2,1-3H3,(H,22,23,27)/t9-/m0/s1. The zero-order valence-corrected chi connectivity index (χ0v) is 20.1. The highest BCUT2D eigenvalue weighted by atomic mass is 32.2. The summed E-state index contributed by atoms with van der Waals surface area (Å²) in [6, 6.07) is 0. The minimum atomic E-state index is -0.464. The molecule has 166 valence electrons. The molecule has 0 unspecified atom stereocenters. The molecule has 9 nitrogen and oxygen atoms in total. The number of thiophene rings is 1. The van der Waals surface area contributed by atoms with Gasteiger partial charge < -0.3 is 10.1 Å². The number of hydrogen-bond acceptors (Lipinski definition) is 10. The first-order chi connectivity index (χ1) is 15.4. The Labute approximate surface area is 195 Å². The average molecular weight is 489 g/mol. The van der Waals surface area contributed by atoms with Gasteiger partial charge in [-0.1, -0.05) is 30.0 Å². The van der Waals surface area contributed by atoms with Crippen molar-refractivity contribution in [1.82, 2.24) is 24.6 Å². The number of esters is 1. The van der Waals surface area contributed by atoms with Gasteiger partial charge in [-0.2, -0.15) is 0 Å². The summed E-state index contributed by atoms with van der Waals surface area (Å²) < 4.78 is 6.58. The van der Waals surface area contributed by atoms with Crippen molar-refractivity contribution in [3.63, 3.8) is 0 Å². The minimum Gasteiger partial charge on any atom is -0.465 e. The molecule has 0 bridgehead atoms. The number of fused-ring (bicyclic) bond motifs is 5. The first-order valence-corrected chi connectivity index (χ1v) is 12.7. The van der Waals surface area contributed by atoms with Gasteiger partial charge in [0.25, 0.3) is 0 Å². The van der Waals surface area contributed by atoms with Crippen LogP contribution in [-0.4, -0.2) is 49.3 Å². The topological polar surface area (TPSA) is 111 Å². The van der Waals surface area contributed by atoms with Crippen LogP contribution in [0.5, 0.6) is 0 Å². The van der Waals surface area contributed by atoms with E-state index in [1.165, 1.54) is 35.7 Å². The van der Waals surface area contributed by atoms with Gasteiger partial charge in [-0.25, -0.2) is 14.8 Å². The van der Waals surface area contributed by atoms with Gasteiger partial charge in [-0.15, -0.1) is 21.5 Å². The van der Waals surface area contributed by atoms with Crippen molar-refractivity contribution in [3.05, 3.63) is 27.3 Å². The fourth-order valence-electron chi connectivity index (χ4n) is 3.84. The molecule has 12 heteroatoms. The molecule has 1 amide bonds. The van der Waals surface area contributed by atoms with Gasteiger partial charge in [0, 0.05) is 4.88 Å². The summed E-state index contributed by atoms with van der Waals surface area (Å²) in [7, 11) is 1.31. The molecule has 1 aliphatic rings. The number of rotatable bonds is 5. The molecule has 0 saturated heterocycles. The first-order valence-electron chi connectivity index (χ1n) is 10.1. The maximum absolute atomic E-state index is 12.4. The monoisotopic (exact) mass is 488 g/mol. The van der Waals surface area contributed by atoms with Crippen LogP contribution in [0.2, 0.25) is 0 Å². The van der Waals surface area contributed by atoms with E-state index in [9.17, 15) is 9.59 Å². The number of aryl methyl sites for hydroxylation is 2. The normalized spacial score (nSPS) is 15.8. The molecule has 1 atom stereocenters. The van der Waals surface area contributed by atoms with Gasteiger partial charge in [0.05, 0.1) is 23.9 Å². The summed E-state index contributed by atoms with van der Waals surface area (Å²) in [5.74, 6) is 0.116. The van der Waals surface area contributed by atoms with Crippen LogP contribution in [0.3, 0.4) is 0 Å². The molecule has 0 saturated carbocycles. The average Bonchev–Trinajstić information content (AvgIpc) is 3.45. The van der Waals surface area contributed by atoms with Crippen LogP contribution in [0, 0.1) is 12.8 Å². The SMILES string of the molecule is COC(=O)c1sc(NC(=O)CSc2nnc3c4c5c(sc4ncn23)C[C@@H](C)CC5)nc1C. The Morgan fingerprint density at radius 2 is 2.19 bits per heavy atom. The summed E-state index contributed by atoms with van der Waals surface area (Å²) in [6.07, 6.45) is 5.03. The fraction of sp³-hybridized carbons (Fsp3) is 0.400. The number of thioether (sulfide) groups is 1. The van der Waals surface area contributed by atoms with E-state index in [4.69, 9.17) is 4.74 Å². The predicted octanol–water partition coefficient (Wildman–Crippen LogP) is 3.75. The summed E-state index contributed by atoms with van der Waals surface area (Å²) in [5.41, 5.74) is 2.67. The molecule has 0 aromatic carbocycles. The number of methoxy groups -OCH3 is 1. The molecule has 0 radical (unpaired) electrons. The van der Waals surface area contributed by atoms with Crippen molar-refractivity contribution in [3.8, 4) is 0 Å². The smallest absolute Gasteiger partial charge is 0.350 e. The Morgan fingerprint density at radius 3 is 3.00 bits per heavy atom. The highest BCUT2D eigenvalue weighted by Crippen LogP contribution is 2.39. The van der Waals surface area contributed by atoms with Crippen molar-refractivity contribution >= 4 is 67.3 Å². The molecule has 5 rings (SSSR count). The van der Waals surface area contributed by atoms with E-state index in [1.807, 2.05) is 4.40 Å². The van der Waals surface area contributed by atoms with Crippen LogP contribution in [0.1, 0.15) is 39.2 Å². The van der Waals surface area contributed by atoms with Crippen LogP contribution < -0.4 is 5.32 Å². The van der Waals surface area contributed by atoms with Gasteiger partial charge in [-0.05, 0) is 37.7 Å². The Kier molecular flexibility index (Phi) is 5.59. The lowest BCUT2D eigenvalue weighted by Crippen LogP contribution is -2.14. The summed E-state index contributed by atoms with van der Waals surface area (Å²) in [4.78, 5) is 35.8. The highest BCUT2D eigenvalue weighted by Gasteiger charge is 2.24. The number of nitrogens with zero attached hydrogens (tertiary/aromatic N) is 5. The Hall–Kier alpha value is -2.57. The number of hydrogen-bond donors (Lipinski definition) is 1. The summed E-state index contributed by atoms with van der Waals surface area (Å²) in [5, 5.41) is 13.5. The van der Waals surface area contributed by atoms with Crippen LogP contribution >= 0.6 is 34.4 Å². The molecule has 0 spiro atoms. The van der Waals surface area contributed by atoms with E-state index in [0.717, 1.165) is 40.0 Å². The van der Waals surface area contributed by atoms with Crippen molar-refractivity contribution in [2.45, 2.75) is 38.3 Å². The van der Waals surface area contributed by atoms with E-state index in [0.29, 0.717) is 26.8 Å². The highest BCUT2D eigenvalue weighted by molar-refractivity contribution is 7.99. The van der Waals surface area contributed by atoms with E-state index in [2.05, 4.69) is 32.4 Å². The summed E-state index contributed by atoms with van der Waals surface area (Å²) >= 11 is 4.13. The third-order valence-corrected chi connectivity index (χ3v) is 8.58. The second-order valence-electron chi connectivity index (χ2n) is 7.71. The van der Waals surface area contributed by atoms with Crippen molar-refractivity contribution < 1.29 is 14.3 Å². The molecule has 4 heterocycles. The lowest BCUT2D eigenvalue weighted by Gasteiger charge is -2.17. The molecule has 0 fully saturated rings. The van der Waals surface area contributed by atoms with Crippen LogP contribution in [0.4, 0.5) is 5.13 Å². The van der Waals surface area contributed by atoms with Gasteiger partial charge in [0.2, 0.25) is 5.91 Å². The number of carbonyl (C=O) groups is 2. The predicted molar refractivity (Wildman–Crippen MR) is 125 cm³/mol. The quantitative estimate of drug-likeness (QED) is 0.334. The largest absolute Gasteiger partial charge is 0.465 e. The number of nitrogens with one attached hydrogen (secondary N) is 1. The fourth-order valence-corrected chi connectivity index (χ4v) is 6.78. The number of thiazole rings is 1. The van der Waals surface area contributed by atoms with Crippen LogP contribution in [0.15, 0.2) is 11.5 Å². The van der Waals surface area contributed by atoms with Gasteiger partial charge in [0.1, 0.15) is 16.0 Å². The molecule has 4 aromatic rings. The first kappa shape index (κ1) is 21.3. The Balaban J connectivity index is 1.33. The zero-order valence-electron chi connectivity index (χ0n) is 17.7. The third kappa shape index (κ3) is 3.76. The van der Waals surface area contributed by atoms with E-state index in [-0.39, 0.29) is 11.7 Å².